The van der Waals surface area contributed by atoms with Crippen LogP contribution < -0.4 is 4.90 Å². The van der Waals surface area contributed by atoms with Crippen LogP contribution in [0.4, 0.5) is 17.1 Å². The molecule has 234 valence electrons. The van der Waals surface area contributed by atoms with E-state index in [2.05, 4.69) is 155 Å². The molecule has 0 aliphatic rings. The highest BCUT2D eigenvalue weighted by Gasteiger charge is 2.17. The van der Waals surface area contributed by atoms with Gasteiger partial charge in [0, 0.05) is 40.6 Å². The monoisotopic (exact) mass is 639 g/mol. The molecular weight excluding hydrogens is 611 g/mol. The molecule has 3 heterocycles. The fourth-order valence-electron chi connectivity index (χ4n) is 7.13. The summed E-state index contributed by atoms with van der Waals surface area (Å²) in [4.78, 5) is 11.5. The molecule has 4 heteroatoms. The SMILES string of the molecule is c1ccc2cc(-c3ccc(N(c4ccc(-c5ccc6ccccc6c5)cc4)c4cnc5c(c4)oc4cc6cnccc6cc45)cc3)ccc2c1. The second kappa shape index (κ2) is 11.4. The second-order valence-corrected chi connectivity index (χ2v) is 12.8. The average molecular weight is 640 g/mol. The van der Waals surface area contributed by atoms with E-state index in [4.69, 9.17) is 9.40 Å². The molecule has 0 N–H and O–H groups in total. The third-order valence-electron chi connectivity index (χ3n) is 9.73. The van der Waals surface area contributed by atoms with Crippen LogP contribution in [-0.2, 0) is 0 Å². The molecular formula is C46H29N3O. The van der Waals surface area contributed by atoms with Crippen LogP contribution >= 0.6 is 0 Å². The van der Waals surface area contributed by atoms with E-state index in [9.17, 15) is 0 Å². The number of nitrogens with zero attached hydrogens (tertiary/aromatic N) is 3. The molecule has 0 aliphatic heterocycles. The van der Waals surface area contributed by atoms with Crippen molar-refractivity contribution in [3.63, 3.8) is 0 Å². The largest absolute Gasteiger partial charge is 0.454 e. The van der Waals surface area contributed by atoms with E-state index >= 15 is 0 Å². The number of hydrogen-bond acceptors (Lipinski definition) is 4. The lowest BCUT2D eigenvalue weighted by Crippen LogP contribution is -2.10. The van der Waals surface area contributed by atoms with Gasteiger partial charge in [-0.25, -0.2) is 4.98 Å². The van der Waals surface area contributed by atoms with Crippen LogP contribution in [0, 0.1) is 0 Å². The first-order valence-corrected chi connectivity index (χ1v) is 16.8. The van der Waals surface area contributed by atoms with Crippen LogP contribution in [0.25, 0.3) is 76.6 Å². The molecule has 0 saturated carbocycles. The number of hydrogen-bond donors (Lipinski definition) is 0. The molecule has 4 nitrogen and oxygen atoms in total. The maximum absolute atomic E-state index is 6.43. The summed E-state index contributed by atoms with van der Waals surface area (Å²) >= 11 is 0. The fourth-order valence-corrected chi connectivity index (χ4v) is 7.13. The standard InChI is InChI=1S/C46H29N3O/c1-3-7-34-23-36(11-9-30(34)5-1)32-13-17-40(18-14-32)49(41-19-15-33(16-20-41)37-12-10-31-6-2-4-8-35(31)24-37)42-27-45-46(48-29-42)43-25-38-21-22-47-28-39(38)26-44(43)50-45/h1-29H. The van der Waals surface area contributed by atoms with Gasteiger partial charge in [-0.15, -0.1) is 0 Å². The molecule has 3 aromatic heterocycles. The molecule has 10 aromatic rings. The Bertz CT molecular complexity index is 2750. The van der Waals surface area contributed by atoms with Crippen molar-refractivity contribution in [2.45, 2.75) is 0 Å². The number of furan rings is 1. The smallest absolute Gasteiger partial charge is 0.155 e. The summed E-state index contributed by atoms with van der Waals surface area (Å²) in [6.07, 6.45) is 5.63. The topological polar surface area (TPSA) is 42.2 Å². The van der Waals surface area contributed by atoms with Crippen molar-refractivity contribution in [2.75, 3.05) is 4.90 Å². The summed E-state index contributed by atoms with van der Waals surface area (Å²) in [7, 11) is 0. The van der Waals surface area contributed by atoms with Gasteiger partial charge in [-0.3, -0.25) is 4.98 Å². The summed E-state index contributed by atoms with van der Waals surface area (Å²) in [6, 6.07) is 56.1. The highest BCUT2D eigenvalue weighted by atomic mass is 16.3. The predicted octanol–water partition coefficient (Wildman–Crippen LogP) is 12.6. The van der Waals surface area contributed by atoms with Crippen molar-refractivity contribution in [1.82, 2.24) is 9.97 Å². The summed E-state index contributed by atoms with van der Waals surface area (Å²) < 4.78 is 6.43. The second-order valence-electron chi connectivity index (χ2n) is 12.8. The number of rotatable bonds is 5. The Morgan fingerprint density at radius 2 is 0.960 bits per heavy atom. The van der Waals surface area contributed by atoms with Gasteiger partial charge in [0.2, 0.25) is 0 Å². The maximum Gasteiger partial charge on any atom is 0.155 e. The third-order valence-corrected chi connectivity index (χ3v) is 9.73. The number of fused-ring (bicyclic) bond motifs is 6. The first-order chi connectivity index (χ1) is 24.7. The summed E-state index contributed by atoms with van der Waals surface area (Å²) in [5, 5.41) is 8.10. The van der Waals surface area contributed by atoms with Crippen molar-refractivity contribution in [2.24, 2.45) is 0 Å². The molecule has 0 unspecified atom stereocenters. The van der Waals surface area contributed by atoms with E-state index in [0.29, 0.717) is 0 Å². The van der Waals surface area contributed by atoms with Gasteiger partial charge in [0.05, 0.1) is 11.9 Å². The van der Waals surface area contributed by atoms with E-state index in [-0.39, 0.29) is 0 Å². The van der Waals surface area contributed by atoms with Crippen LogP contribution in [0.3, 0.4) is 0 Å². The quantitative estimate of drug-likeness (QED) is 0.188. The number of aromatic nitrogens is 2. The fraction of sp³-hybridized carbons (Fsp3) is 0. The van der Waals surface area contributed by atoms with Crippen molar-refractivity contribution in [1.29, 1.82) is 0 Å². The van der Waals surface area contributed by atoms with Crippen LogP contribution in [0.2, 0.25) is 0 Å². The molecule has 0 saturated heterocycles. The first-order valence-electron chi connectivity index (χ1n) is 16.8. The Labute approximate surface area is 288 Å². The molecule has 10 rings (SSSR count). The highest BCUT2D eigenvalue weighted by Crippen LogP contribution is 2.40. The van der Waals surface area contributed by atoms with Gasteiger partial charge in [0.1, 0.15) is 11.1 Å². The highest BCUT2D eigenvalue weighted by molar-refractivity contribution is 6.08. The van der Waals surface area contributed by atoms with Crippen molar-refractivity contribution < 1.29 is 4.42 Å². The van der Waals surface area contributed by atoms with Crippen molar-refractivity contribution in [3.8, 4) is 22.3 Å². The molecule has 0 bridgehead atoms. The van der Waals surface area contributed by atoms with Crippen LogP contribution in [0.5, 0.6) is 0 Å². The van der Waals surface area contributed by atoms with Crippen molar-refractivity contribution in [3.05, 3.63) is 176 Å². The van der Waals surface area contributed by atoms with Gasteiger partial charge in [0.15, 0.2) is 5.58 Å². The lowest BCUT2D eigenvalue weighted by molar-refractivity contribution is 0.668. The van der Waals surface area contributed by atoms with Gasteiger partial charge in [-0.05, 0) is 104 Å². The summed E-state index contributed by atoms with van der Waals surface area (Å²) in [6.45, 7) is 0. The molecule has 0 atom stereocenters. The average Bonchev–Trinajstić information content (AvgIpc) is 3.53. The lowest BCUT2D eigenvalue weighted by Gasteiger charge is -2.25. The number of pyridine rings is 2. The van der Waals surface area contributed by atoms with Crippen LogP contribution in [-0.4, -0.2) is 9.97 Å². The zero-order valence-electron chi connectivity index (χ0n) is 27.0. The normalized spacial score (nSPS) is 11.6. The Kier molecular flexibility index (Phi) is 6.46. The van der Waals surface area contributed by atoms with Gasteiger partial charge < -0.3 is 9.32 Å². The van der Waals surface area contributed by atoms with Gasteiger partial charge >= 0.3 is 0 Å². The summed E-state index contributed by atoms with van der Waals surface area (Å²) in [5.41, 5.74) is 10.1. The van der Waals surface area contributed by atoms with Crippen molar-refractivity contribution >= 4 is 71.4 Å². The Hall–Kier alpha value is -6.78. The van der Waals surface area contributed by atoms with E-state index in [1.54, 1.807) is 0 Å². The first kappa shape index (κ1) is 28.3. The molecule has 0 aliphatic carbocycles. The number of benzene rings is 7. The van der Waals surface area contributed by atoms with Gasteiger partial charge in [0.25, 0.3) is 0 Å². The Morgan fingerprint density at radius 1 is 0.400 bits per heavy atom. The minimum absolute atomic E-state index is 0.742. The van der Waals surface area contributed by atoms with Crippen LogP contribution in [0.15, 0.2) is 181 Å². The van der Waals surface area contributed by atoms with Gasteiger partial charge in [-0.1, -0.05) is 97.1 Å². The Morgan fingerprint density at radius 3 is 1.58 bits per heavy atom. The third kappa shape index (κ3) is 4.85. The Balaban J connectivity index is 1.08. The molecule has 0 spiro atoms. The maximum atomic E-state index is 6.43. The lowest BCUT2D eigenvalue weighted by atomic mass is 10.00. The van der Waals surface area contributed by atoms with Gasteiger partial charge in [-0.2, -0.15) is 0 Å². The van der Waals surface area contributed by atoms with Crippen LogP contribution in [0.1, 0.15) is 0 Å². The summed E-state index contributed by atoms with van der Waals surface area (Å²) in [5.74, 6) is 0. The zero-order valence-corrected chi connectivity index (χ0v) is 27.0. The molecule has 0 amide bonds. The van der Waals surface area contributed by atoms with E-state index in [1.165, 1.54) is 43.8 Å². The minimum Gasteiger partial charge on any atom is -0.454 e. The number of anilines is 3. The predicted molar refractivity (Wildman–Crippen MR) is 207 cm³/mol. The van der Waals surface area contributed by atoms with E-state index in [0.717, 1.165) is 49.9 Å². The van der Waals surface area contributed by atoms with E-state index < -0.39 is 0 Å². The molecule has 7 aromatic carbocycles. The minimum atomic E-state index is 0.742. The van der Waals surface area contributed by atoms with E-state index in [1.807, 2.05) is 30.7 Å². The molecule has 0 fully saturated rings. The molecule has 50 heavy (non-hydrogen) atoms. The molecule has 0 radical (unpaired) electrons. The zero-order chi connectivity index (χ0) is 33.0.